The molecule has 0 spiro atoms. The average molecular weight is 709 g/mol. The Hall–Kier alpha value is -6.69. The second-order valence-corrected chi connectivity index (χ2v) is 15.0. The van der Waals surface area contributed by atoms with Crippen LogP contribution >= 0.6 is 11.3 Å². The summed E-state index contributed by atoms with van der Waals surface area (Å²) in [6, 6.07) is 60.5. The predicted octanol–water partition coefficient (Wildman–Crippen LogP) is 12.6. The lowest BCUT2D eigenvalue weighted by Gasteiger charge is -2.20. The maximum Gasteiger partial charge on any atom is 0.164 e. The first-order chi connectivity index (χ1) is 26.7. The van der Waals surface area contributed by atoms with Crippen molar-refractivity contribution in [3.05, 3.63) is 181 Å². The Kier molecular flexibility index (Phi) is 7.13. The molecule has 0 bridgehead atoms. The Morgan fingerprint density at radius 2 is 1.06 bits per heavy atom. The normalized spacial score (nSPS) is 12.3. The van der Waals surface area contributed by atoms with Gasteiger partial charge in [0.1, 0.15) is 0 Å². The number of thiophene rings is 1. The predicted molar refractivity (Wildman–Crippen MR) is 224 cm³/mol. The second kappa shape index (κ2) is 12.5. The molecule has 5 heteroatoms. The molecule has 54 heavy (non-hydrogen) atoms. The largest absolute Gasteiger partial charge is 0.309 e. The summed E-state index contributed by atoms with van der Waals surface area (Å²) in [7, 11) is 0. The van der Waals surface area contributed by atoms with Crippen LogP contribution in [0.15, 0.2) is 170 Å². The third kappa shape index (κ3) is 5.08. The van der Waals surface area contributed by atoms with Gasteiger partial charge in [-0.1, -0.05) is 133 Å². The van der Waals surface area contributed by atoms with Gasteiger partial charge < -0.3 is 4.57 Å². The van der Waals surface area contributed by atoms with Gasteiger partial charge in [0, 0.05) is 53.5 Å². The zero-order chi connectivity index (χ0) is 35.6. The van der Waals surface area contributed by atoms with Crippen molar-refractivity contribution in [3.63, 3.8) is 0 Å². The van der Waals surface area contributed by atoms with Crippen molar-refractivity contribution in [2.45, 2.75) is 12.8 Å². The van der Waals surface area contributed by atoms with Crippen LogP contribution in [0.1, 0.15) is 11.1 Å². The minimum absolute atomic E-state index is 0.651. The van der Waals surface area contributed by atoms with Crippen molar-refractivity contribution in [2.75, 3.05) is 0 Å². The van der Waals surface area contributed by atoms with Gasteiger partial charge in [0.15, 0.2) is 17.5 Å². The maximum absolute atomic E-state index is 5.11. The topological polar surface area (TPSA) is 43.6 Å². The van der Waals surface area contributed by atoms with E-state index in [0.29, 0.717) is 17.5 Å². The van der Waals surface area contributed by atoms with Crippen LogP contribution < -0.4 is 0 Å². The Bertz CT molecular complexity index is 3050. The Labute approximate surface area is 316 Å². The number of aryl methyl sites for hydroxylation is 2. The van der Waals surface area contributed by atoms with Gasteiger partial charge in [-0.25, -0.2) is 15.0 Å². The number of benzene rings is 7. The van der Waals surface area contributed by atoms with Crippen LogP contribution in [0.5, 0.6) is 0 Å². The molecule has 0 saturated carbocycles. The zero-order valence-electron chi connectivity index (χ0n) is 29.3. The average Bonchev–Trinajstić information content (AvgIpc) is 3.80. The van der Waals surface area contributed by atoms with Crippen LogP contribution in [0.25, 0.3) is 93.3 Å². The van der Waals surface area contributed by atoms with Crippen molar-refractivity contribution in [3.8, 4) is 62.2 Å². The minimum Gasteiger partial charge on any atom is -0.309 e. The fourth-order valence-electron chi connectivity index (χ4n) is 8.20. The van der Waals surface area contributed by atoms with E-state index >= 15 is 0 Å². The molecule has 0 amide bonds. The molecule has 0 aliphatic heterocycles. The third-order valence-corrected chi connectivity index (χ3v) is 11.9. The van der Waals surface area contributed by atoms with E-state index in [-0.39, 0.29) is 0 Å². The van der Waals surface area contributed by atoms with E-state index in [1.165, 1.54) is 53.5 Å². The number of hydrogen-bond donors (Lipinski definition) is 0. The lowest BCUT2D eigenvalue weighted by molar-refractivity contribution is 0.934. The van der Waals surface area contributed by atoms with Crippen molar-refractivity contribution >= 4 is 42.4 Å². The number of fused-ring (bicyclic) bond motifs is 8. The molecule has 0 fully saturated rings. The molecule has 1 aliphatic rings. The van der Waals surface area contributed by atoms with Crippen molar-refractivity contribution in [2.24, 2.45) is 0 Å². The molecule has 3 heterocycles. The van der Waals surface area contributed by atoms with Gasteiger partial charge in [-0.05, 0) is 71.5 Å². The number of hydrogen-bond acceptors (Lipinski definition) is 4. The highest BCUT2D eigenvalue weighted by Gasteiger charge is 2.25. The Morgan fingerprint density at radius 3 is 1.91 bits per heavy atom. The molecule has 0 radical (unpaired) electrons. The molecule has 4 nitrogen and oxygen atoms in total. The molecular formula is C49H32N4S. The van der Waals surface area contributed by atoms with Crippen LogP contribution in [-0.4, -0.2) is 19.5 Å². The van der Waals surface area contributed by atoms with Crippen LogP contribution in [0, 0.1) is 0 Å². The lowest BCUT2D eigenvalue weighted by atomic mass is 9.89. The summed E-state index contributed by atoms with van der Waals surface area (Å²) < 4.78 is 4.96. The third-order valence-electron chi connectivity index (χ3n) is 10.8. The van der Waals surface area contributed by atoms with Gasteiger partial charge in [0.2, 0.25) is 0 Å². The quantitative estimate of drug-likeness (QED) is 0.179. The molecule has 11 rings (SSSR count). The molecular weight excluding hydrogens is 677 g/mol. The van der Waals surface area contributed by atoms with Gasteiger partial charge in [-0.2, -0.15) is 0 Å². The molecule has 0 N–H and O–H groups in total. The number of para-hydroxylation sites is 1. The number of rotatable bonds is 5. The smallest absolute Gasteiger partial charge is 0.164 e. The van der Waals surface area contributed by atoms with E-state index in [0.717, 1.165) is 46.3 Å². The van der Waals surface area contributed by atoms with E-state index in [9.17, 15) is 0 Å². The van der Waals surface area contributed by atoms with Crippen LogP contribution in [0.2, 0.25) is 0 Å². The maximum atomic E-state index is 5.11. The SMILES string of the molecule is c1ccc(-c2nc(-c3cccc(-c4ccc(-n5c6c(c7ccccc75)CCc5ccccc5-6)cc4)c3)nc(-c3ccc4c(c3)sc3ccccc34)n2)cc1. The fourth-order valence-corrected chi connectivity index (χ4v) is 9.34. The van der Waals surface area contributed by atoms with Gasteiger partial charge in [0.05, 0.1) is 11.2 Å². The second-order valence-electron chi connectivity index (χ2n) is 13.9. The molecule has 0 saturated heterocycles. The van der Waals surface area contributed by atoms with Crippen molar-refractivity contribution in [1.29, 1.82) is 0 Å². The molecule has 0 unspecified atom stereocenters. The highest BCUT2D eigenvalue weighted by Crippen LogP contribution is 2.42. The standard InChI is InChI=1S/C49H32N4S/c1-2-12-33(13-3-1)47-50-48(52-49(51-47)36-24-27-41-40-18-7-9-20-44(40)54-45(41)30-36)35-15-10-14-34(29-35)31-21-25-37(26-22-31)53-43-19-8-6-17-39(43)42-28-23-32-11-4-5-16-38(32)46(42)53/h1-22,24-27,29-30H,23,28H2. The summed E-state index contributed by atoms with van der Waals surface area (Å²) in [5.41, 5.74) is 13.1. The number of aromatic nitrogens is 4. The number of nitrogens with zero attached hydrogens (tertiary/aromatic N) is 4. The first kappa shape index (κ1) is 30.9. The van der Waals surface area contributed by atoms with E-state index in [2.05, 4.69) is 156 Å². The van der Waals surface area contributed by atoms with Gasteiger partial charge >= 0.3 is 0 Å². The Balaban J connectivity index is 0.996. The summed E-state index contributed by atoms with van der Waals surface area (Å²) in [5, 5.41) is 3.88. The molecule has 10 aromatic rings. The Morgan fingerprint density at radius 1 is 0.426 bits per heavy atom. The zero-order valence-corrected chi connectivity index (χ0v) is 30.1. The van der Waals surface area contributed by atoms with Crippen LogP contribution in [0.3, 0.4) is 0 Å². The molecule has 0 atom stereocenters. The lowest BCUT2D eigenvalue weighted by Crippen LogP contribution is -2.06. The first-order valence-electron chi connectivity index (χ1n) is 18.4. The molecule has 254 valence electrons. The molecule has 7 aromatic carbocycles. The summed E-state index contributed by atoms with van der Waals surface area (Å²) in [6.07, 6.45) is 2.12. The molecule has 3 aromatic heterocycles. The van der Waals surface area contributed by atoms with Crippen LogP contribution in [0.4, 0.5) is 0 Å². The summed E-state index contributed by atoms with van der Waals surface area (Å²) in [5.74, 6) is 1.97. The molecule has 1 aliphatic carbocycles. The van der Waals surface area contributed by atoms with Gasteiger partial charge in [0.25, 0.3) is 0 Å². The fraction of sp³-hybridized carbons (Fsp3) is 0.0408. The van der Waals surface area contributed by atoms with E-state index in [1.54, 1.807) is 11.3 Å². The van der Waals surface area contributed by atoms with E-state index in [4.69, 9.17) is 15.0 Å². The van der Waals surface area contributed by atoms with Gasteiger partial charge in [-0.3, -0.25) is 0 Å². The first-order valence-corrected chi connectivity index (χ1v) is 19.2. The minimum atomic E-state index is 0.651. The highest BCUT2D eigenvalue weighted by atomic mass is 32.1. The summed E-state index contributed by atoms with van der Waals surface area (Å²) >= 11 is 1.80. The summed E-state index contributed by atoms with van der Waals surface area (Å²) in [6.45, 7) is 0. The van der Waals surface area contributed by atoms with Crippen molar-refractivity contribution < 1.29 is 0 Å². The monoisotopic (exact) mass is 708 g/mol. The van der Waals surface area contributed by atoms with Crippen molar-refractivity contribution in [1.82, 2.24) is 19.5 Å². The van der Waals surface area contributed by atoms with Gasteiger partial charge in [-0.15, -0.1) is 11.3 Å². The summed E-state index contributed by atoms with van der Waals surface area (Å²) in [4.78, 5) is 15.2. The van der Waals surface area contributed by atoms with E-state index < -0.39 is 0 Å². The van der Waals surface area contributed by atoms with Crippen LogP contribution in [-0.2, 0) is 12.8 Å². The van der Waals surface area contributed by atoms with E-state index in [1.807, 2.05) is 18.2 Å². The highest BCUT2D eigenvalue weighted by molar-refractivity contribution is 7.25.